The number of halogens is 2. The lowest BCUT2D eigenvalue weighted by Crippen LogP contribution is -1.77. The summed E-state index contributed by atoms with van der Waals surface area (Å²) < 4.78 is 2.45. The first-order valence-electron chi connectivity index (χ1n) is 6.48. The van der Waals surface area contributed by atoms with E-state index in [-0.39, 0.29) is 0 Å². The fourth-order valence-electron chi connectivity index (χ4n) is 2.13. The molecule has 0 atom stereocenters. The Morgan fingerprint density at radius 2 is 1.14 bits per heavy atom. The van der Waals surface area contributed by atoms with Crippen LogP contribution < -0.4 is 0 Å². The maximum atomic E-state index is 4.76. The van der Waals surface area contributed by atoms with E-state index in [2.05, 4.69) is 93.7 Å². The molecule has 0 spiro atoms. The predicted octanol–water partition coefficient (Wildman–Crippen LogP) is 6.30. The Balaban J connectivity index is 1.77. The molecule has 2 heterocycles. The minimum Gasteiger partial charge on any atom is -0.223 e. The number of thiazole rings is 2. The molecule has 2 aromatic heterocycles. The van der Waals surface area contributed by atoms with Crippen LogP contribution in [0.4, 0.5) is 0 Å². The first-order valence-corrected chi connectivity index (χ1v) is 10.3. The summed E-state index contributed by atoms with van der Waals surface area (Å²) >= 11 is 7.98. The molecule has 0 aliphatic rings. The van der Waals surface area contributed by atoms with Crippen LogP contribution >= 0.6 is 67.9 Å². The van der Waals surface area contributed by atoms with E-state index in [9.17, 15) is 0 Å². The van der Waals surface area contributed by atoms with Gasteiger partial charge in [0.1, 0.15) is 10.0 Å². The van der Waals surface area contributed by atoms with Crippen LogP contribution in [0.2, 0.25) is 0 Å². The number of benzene rings is 2. The van der Waals surface area contributed by atoms with Crippen molar-refractivity contribution in [2.24, 2.45) is 0 Å². The quantitative estimate of drug-likeness (QED) is 0.276. The standard InChI is InChI=1S/C16H8I2N2S2/c17-11-5-1-3-9(7-11)13-19-15-16(21-13)20-14(22-15)10-4-2-6-12(18)8-10/h1-8H. The second-order valence-corrected chi connectivity index (χ2v) is 9.12. The fraction of sp³-hybridized carbons (Fsp3) is 0. The van der Waals surface area contributed by atoms with E-state index in [1.54, 1.807) is 22.7 Å². The molecule has 22 heavy (non-hydrogen) atoms. The maximum absolute atomic E-state index is 4.76. The van der Waals surface area contributed by atoms with Gasteiger partial charge in [-0.05, 0) is 69.4 Å². The van der Waals surface area contributed by atoms with Gasteiger partial charge in [-0.2, -0.15) is 0 Å². The average Bonchev–Trinajstić information content (AvgIpc) is 3.05. The van der Waals surface area contributed by atoms with Crippen LogP contribution in [0.1, 0.15) is 0 Å². The third-order valence-electron chi connectivity index (χ3n) is 3.12. The van der Waals surface area contributed by atoms with Crippen LogP contribution in [-0.2, 0) is 0 Å². The van der Waals surface area contributed by atoms with Crippen molar-refractivity contribution in [2.45, 2.75) is 0 Å². The highest BCUT2D eigenvalue weighted by atomic mass is 127. The van der Waals surface area contributed by atoms with Gasteiger partial charge in [-0.15, -0.1) is 0 Å². The highest BCUT2D eigenvalue weighted by Crippen LogP contribution is 2.36. The lowest BCUT2D eigenvalue weighted by atomic mass is 10.2. The highest BCUT2D eigenvalue weighted by Gasteiger charge is 2.13. The van der Waals surface area contributed by atoms with Crippen LogP contribution in [0, 0.1) is 7.14 Å². The number of hydrogen-bond acceptors (Lipinski definition) is 4. The van der Waals surface area contributed by atoms with Gasteiger partial charge in [0.15, 0.2) is 9.66 Å². The largest absolute Gasteiger partial charge is 0.223 e. The molecule has 0 aliphatic carbocycles. The van der Waals surface area contributed by atoms with Gasteiger partial charge < -0.3 is 0 Å². The van der Waals surface area contributed by atoms with Crippen LogP contribution in [0.25, 0.3) is 30.8 Å². The van der Waals surface area contributed by atoms with Crippen molar-refractivity contribution in [3.05, 3.63) is 55.7 Å². The molecule has 4 aromatic rings. The summed E-state index contributed by atoms with van der Waals surface area (Å²) in [5.74, 6) is 0. The minimum atomic E-state index is 1.02. The van der Waals surface area contributed by atoms with Crippen LogP contribution in [-0.4, -0.2) is 9.97 Å². The molecular weight excluding hydrogens is 538 g/mol. The zero-order valence-electron chi connectivity index (χ0n) is 11.1. The monoisotopic (exact) mass is 546 g/mol. The van der Waals surface area contributed by atoms with Crippen molar-refractivity contribution in [2.75, 3.05) is 0 Å². The predicted molar refractivity (Wildman–Crippen MR) is 112 cm³/mol. The highest BCUT2D eigenvalue weighted by molar-refractivity contribution is 14.1. The summed E-state index contributed by atoms with van der Waals surface area (Å²) in [7, 11) is 0. The fourth-order valence-corrected chi connectivity index (χ4v) is 5.25. The van der Waals surface area contributed by atoms with E-state index in [4.69, 9.17) is 9.97 Å². The van der Waals surface area contributed by atoms with Gasteiger partial charge in [-0.25, -0.2) is 9.97 Å². The number of nitrogens with zero attached hydrogens (tertiary/aromatic N) is 2. The number of hydrogen-bond donors (Lipinski definition) is 0. The lowest BCUT2D eigenvalue weighted by molar-refractivity contribution is 1.48. The van der Waals surface area contributed by atoms with Crippen molar-refractivity contribution in [3.63, 3.8) is 0 Å². The van der Waals surface area contributed by atoms with E-state index in [0.717, 1.165) is 30.8 Å². The third-order valence-corrected chi connectivity index (χ3v) is 6.59. The van der Waals surface area contributed by atoms with Gasteiger partial charge in [0.2, 0.25) is 0 Å². The number of aromatic nitrogens is 2. The summed E-state index contributed by atoms with van der Waals surface area (Å²) in [6.07, 6.45) is 0. The zero-order chi connectivity index (χ0) is 15.1. The zero-order valence-corrected chi connectivity index (χ0v) is 17.0. The van der Waals surface area contributed by atoms with Gasteiger partial charge in [-0.3, -0.25) is 0 Å². The van der Waals surface area contributed by atoms with Crippen molar-refractivity contribution in [3.8, 4) is 21.1 Å². The van der Waals surface area contributed by atoms with Gasteiger partial charge in [-0.1, -0.05) is 46.9 Å². The molecule has 0 N–H and O–H groups in total. The van der Waals surface area contributed by atoms with E-state index < -0.39 is 0 Å². The first-order chi connectivity index (χ1) is 10.7. The Kier molecular flexibility index (Phi) is 4.18. The van der Waals surface area contributed by atoms with E-state index in [1.807, 2.05) is 0 Å². The Bertz CT molecular complexity index is 869. The molecule has 4 rings (SSSR count). The smallest absolute Gasteiger partial charge is 0.155 e. The average molecular weight is 546 g/mol. The molecule has 0 fully saturated rings. The number of fused-ring (bicyclic) bond motifs is 1. The van der Waals surface area contributed by atoms with E-state index in [1.165, 1.54) is 7.14 Å². The maximum Gasteiger partial charge on any atom is 0.155 e. The first kappa shape index (κ1) is 15.0. The Morgan fingerprint density at radius 3 is 1.55 bits per heavy atom. The molecule has 0 unspecified atom stereocenters. The Labute approximate surface area is 162 Å². The number of rotatable bonds is 2. The van der Waals surface area contributed by atoms with Gasteiger partial charge in [0.05, 0.1) is 0 Å². The normalized spacial score (nSPS) is 11.2. The van der Waals surface area contributed by atoms with Gasteiger partial charge in [0.25, 0.3) is 0 Å². The topological polar surface area (TPSA) is 25.8 Å². The summed E-state index contributed by atoms with van der Waals surface area (Å²) in [4.78, 5) is 11.6. The SMILES string of the molecule is Ic1cccc(-c2nc3sc(-c4cccc(I)c4)nc3s2)c1. The molecule has 0 bridgehead atoms. The van der Waals surface area contributed by atoms with Gasteiger partial charge >= 0.3 is 0 Å². The summed E-state index contributed by atoms with van der Waals surface area (Å²) in [6, 6.07) is 16.8. The van der Waals surface area contributed by atoms with Crippen LogP contribution in [0.5, 0.6) is 0 Å². The second-order valence-electron chi connectivity index (χ2n) is 4.67. The van der Waals surface area contributed by atoms with E-state index >= 15 is 0 Å². The molecule has 6 heteroatoms. The van der Waals surface area contributed by atoms with Crippen molar-refractivity contribution in [1.82, 2.24) is 9.97 Å². The molecule has 0 radical (unpaired) electrons. The molecule has 2 aromatic carbocycles. The molecule has 0 saturated carbocycles. The van der Waals surface area contributed by atoms with Crippen molar-refractivity contribution < 1.29 is 0 Å². The second kappa shape index (κ2) is 6.14. The van der Waals surface area contributed by atoms with E-state index in [0.29, 0.717) is 0 Å². The molecule has 0 amide bonds. The molecule has 2 nitrogen and oxygen atoms in total. The molecular formula is C16H8I2N2S2. The summed E-state index contributed by atoms with van der Waals surface area (Å²) in [5, 5.41) is 2.09. The summed E-state index contributed by atoms with van der Waals surface area (Å²) in [5.41, 5.74) is 2.33. The minimum absolute atomic E-state index is 1.02. The molecule has 0 saturated heterocycles. The Morgan fingerprint density at radius 1 is 0.682 bits per heavy atom. The summed E-state index contributed by atoms with van der Waals surface area (Å²) in [6.45, 7) is 0. The van der Waals surface area contributed by atoms with Crippen LogP contribution in [0.3, 0.4) is 0 Å². The third kappa shape index (κ3) is 2.93. The molecule has 0 aliphatic heterocycles. The van der Waals surface area contributed by atoms with Crippen molar-refractivity contribution in [1.29, 1.82) is 0 Å². The Hall–Kier alpha value is -0.580. The van der Waals surface area contributed by atoms with Crippen molar-refractivity contribution >= 4 is 77.5 Å². The molecule has 108 valence electrons. The van der Waals surface area contributed by atoms with Crippen LogP contribution in [0.15, 0.2) is 48.5 Å². The van der Waals surface area contributed by atoms with Gasteiger partial charge in [0, 0.05) is 18.3 Å². The lowest BCUT2D eigenvalue weighted by Gasteiger charge is -1.97.